The monoisotopic (exact) mass is 1100 g/mol. The number of aliphatic hydroxyl groups excluding tert-OH is 1. The van der Waals surface area contributed by atoms with E-state index in [1.807, 2.05) is 121 Å². The number of hydrogen-bond donors (Lipinski definition) is 3. The minimum Gasteiger partial charge on any atom is -0.478 e. The molecule has 0 saturated carbocycles. The van der Waals surface area contributed by atoms with Gasteiger partial charge in [0.1, 0.15) is 31.0 Å². The smallest absolute Gasteiger partial charge is 0.410 e. The Balaban J connectivity index is 1.05. The molecule has 0 spiro atoms. The normalized spacial score (nSPS) is 24.2. The number of carbonyl (C=O) groups is 4. The van der Waals surface area contributed by atoms with Gasteiger partial charge in [0.2, 0.25) is 0 Å². The molecule has 0 aromatic heterocycles. The maximum absolute atomic E-state index is 14.1. The van der Waals surface area contributed by atoms with Crippen LogP contribution in [0.4, 0.5) is 4.79 Å². The third-order valence-corrected chi connectivity index (χ3v) is 14.5. The lowest BCUT2D eigenvalue weighted by Gasteiger charge is -2.51. The van der Waals surface area contributed by atoms with Crippen molar-refractivity contribution < 1.29 is 77.1 Å². The number of aliphatic hydroxyl groups is 1. The van der Waals surface area contributed by atoms with Crippen LogP contribution in [0.2, 0.25) is 0 Å². The minimum atomic E-state index is -1.64. The highest BCUT2D eigenvalue weighted by Gasteiger charge is 2.56. The summed E-state index contributed by atoms with van der Waals surface area (Å²) in [6.45, 7) is -0.316. The third-order valence-electron chi connectivity index (χ3n) is 14.5. The first-order valence-corrected chi connectivity index (χ1v) is 26.7. The Hall–Kier alpha value is -8.10. The summed E-state index contributed by atoms with van der Waals surface area (Å²) < 4.78 is 58.8. The Morgan fingerprint density at radius 2 is 1.11 bits per heavy atom. The number of nitrogens with zero attached hydrogens (tertiary/aromatic N) is 1. The molecule has 7 aromatic carbocycles. The zero-order valence-corrected chi connectivity index (χ0v) is 43.9. The highest BCUT2D eigenvalue weighted by molar-refractivity contribution is 5.91. The zero-order chi connectivity index (χ0) is 56.1. The summed E-state index contributed by atoms with van der Waals surface area (Å²) >= 11 is 0. The molecule has 3 heterocycles. The van der Waals surface area contributed by atoms with Gasteiger partial charge in [-0.3, -0.25) is 0 Å². The first-order chi connectivity index (χ1) is 39.6. The second-order valence-electron chi connectivity index (χ2n) is 19.7. The summed E-state index contributed by atoms with van der Waals surface area (Å²) in [5.74, 6) is -5.82. The van der Waals surface area contributed by atoms with Crippen LogP contribution in [-0.4, -0.2) is 120 Å². The van der Waals surface area contributed by atoms with Gasteiger partial charge < -0.3 is 62.9 Å². The second kappa shape index (κ2) is 26.9. The maximum Gasteiger partial charge on any atom is 0.410 e. The van der Waals surface area contributed by atoms with Crippen LogP contribution in [0, 0.1) is 0 Å². The van der Waals surface area contributed by atoms with E-state index >= 15 is 0 Å². The molecule has 0 unspecified atom stereocenters. The molecule has 10 rings (SSSR count). The first kappa shape index (κ1) is 56.2. The van der Waals surface area contributed by atoms with Crippen molar-refractivity contribution in [2.24, 2.45) is 0 Å². The van der Waals surface area contributed by atoms with Gasteiger partial charge in [-0.25, -0.2) is 19.2 Å². The van der Waals surface area contributed by atoms with E-state index in [0.717, 1.165) is 16.7 Å². The molecule has 418 valence electrons. The molecule has 3 saturated heterocycles. The Labute approximate surface area is 468 Å². The van der Waals surface area contributed by atoms with E-state index in [1.54, 1.807) is 66.7 Å². The van der Waals surface area contributed by atoms with Crippen molar-refractivity contribution in [3.8, 4) is 0 Å². The second-order valence-corrected chi connectivity index (χ2v) is 19.7. The van der Waals surface area contributed by atoms with Crippen molar-refractivity contribution in [3.63, 3.8) is 0 Å². The molecule has 7 aromatic rings. The third kappa shape index (κ3) is 13.7. The summed E-state index contributed by atoms with van der Waals surface area (Å²) in [6.07, 6.45) is -12.5. The number of carboxylic acid groups (broad SMARTS) is 2. The van der Waals surface area contributed by atoms with E-state index in [1.165, 1.54) is 17.0 Å². The molecule has 1 amide bonds. The SMILES string of the molecule is O=C(O[C@H]1[C@@H](O[C@@H]2[C@H](c3ccccc3C(=O)O)[C@H](c3ccccc3C(=O)O)[C@H](OCCN(Cc3ccccc3)C(=O)OCc3ccccc3)O[C@@H]2COCc2ccccc2)O[C@@H]2CO[C@@H](c3ccccc3)O[C@H]2[C@@H]1O)c1ccccc1. The van der Waals surface area contributed by atoms with Crippen molar-refractivity contribution in [1.29, 1.82) is 0 Å². The first-order valence-electron chi connectivity index (χ1n) is 26.7. The molecule has 0 radical (unpaired) electrons. The quantitative estimate of drug-likeness (QED) is 0.0571. The maximum atomic E-state index is 14.1. The number of carbonyl (C=O) groups excluding carboxylic acids is 2. The molecule has 17 nitrogen and oxygen atoms in total. The van der Waals surface area contributed by atoms with Gasteiger partial charge in [0, 0.05) is 30.5 Å². The number of amides is 1. The predicted octanol–water partition coefficient (Wildman–Crippen LogP) is 9.56. The Bertz CT molecular complexity index is 3170. The highest BCUT2D eigenvalue weighted by atomic mass is 16.8. The van der Waals surface area contributed by atoms with Crippen LogP contribution in [0.3, 0.4) is 0 Å². The van der Waals surface area contributed by atoms with E-state index in [4.69, 9.17) is 42.6 Å². The van der Waals surface area contributed by atoms with Crippen LogP contribution in [0.15, 0.2) is 200 Å². The lowest BCUT2D eigenvalue weighted by atomic mass is 9.71. The fraction of sp³-hybridized carbons (Fsp3) is 0.281. The van der Waals surface area contributed by atoms with Crippen LogP contribution in [0.1, 0.15) is 82.6 Å². The fourth-order valence-corrected chi connectivity index (χ4v) is 10.6. The standard InChI is InChI=1S/C64H61NO16/c66-54-56-51(40-75-61(81-56)45-28-14-5-15-29-45)78-63(57(54)79-60(71)44-26-12-4-13-27-44)80-55-50(39-73-37-42-22-8-2-9-23-42)77-62(53(47-31-17-19-33-49(47)59(69)70)52(55)46-30-16-18-32-48(46)58(67)68)74-35-34-65(36-41-20-6-1-7-21-41)64(72)76-38-43-24-10-3-11-25-43/h1-33,50-57,61-63,66H,34-40H2,(H,67,68)(H,69,70)/t50-,51-,52-,53+,54+,55+,56-,57-,61-,62-,63-/m1/s1. The molecule has 81 heavy (non-hydrogen) atoms. The van der Waals surface area contributed by atoms with E-state index in [2.05, 4.69) is 0 Å². The molecule has 3 N–H and O–H groups in total. The van der Waals surface area contributed by atoms with E-state index in [-0.39, 0.29) is 73.9 Å². The highest BCUT2D eigenvalue weighted by Crippen LogP contribution is 2.50. The van der Waals surface area contributed by atoms with Crippen molar-refractivity contribution >= 4 is 24.0 Å². The molecule has 3 aliphatic rings. The molecule has 3 aliphatic heterocycles. The number of hydrogen-bond acceptors (Lipinski definition) is 14. The lowest BCUT2D eigenvalue weighted by Crippen LogP contribution is -2.65. The summed E-state index contributed by atoms with van der Waals surface area (Å²) in [5, 5.41) is 34.4. The molecule has 3 fully saturated rings. The average molecular weight is 1100 g/mol. The number of aromatic carboxylic acids is 2. The van der Waals surface area contributed by atoms with Gasteiger partial charge in [-0.1, -0.05) is 176 Å². The van der Waals surface area contributed by atoms with E-state index < -0.39 is 91.3 Å². The number of rotatable bonds is 21. The summed E-state index contributed by atoms with van der Waals surface area (Å²) in [6, 6.07) is 57.8. The zero-order valence-electron chi connectivity index (χ0n) is 43.9. The van der Waals surface area contributed by atoms with E-state index in [0.29, 0.717) is 5.56 Å². The molecular weight excluding hydrogens is 1040 g/mol. The van der Waals surface area contributed by atoms with Crippen molar-refractivity contribution in [2.75, 3.05) is 26.4 Å². The average Bonchev–Trinajstić information content (AvgIpc) is 3.65. The van der Waals surface area contributed by atoms with Gasteiger partial charge in [0.15, 0.2) is 25.0 Å². The fourth-order valence-electron chi connectivity index (χ4n) is 10.6. The van der Waals surface area contributed by atoms with Gasteiger partial charge >= 0.3 is 24.0 Å². The molecule has 11 atom stereocenters. The van der Waals surface area contributed by atoms with E-state index in [9.17, 15) is 34.5 Å². The van der Waals surface area contributed by atoms with Gasteiger partial charge in [-0.2, -0.15) is 0 Å². The van der Waals surface area contributed by atoms with Crippen LogP contribution >= 0.6 is 0 Å². The Kier molecular flexibility index (Phi) is 18.7. The van der Waals surface area contributed by atoms with Gasteiger partial charge in [-0.15, -0.1) is 0 Å². The van der Waals surface area contributed by atoms with Gasteiger partial charge in [0.05, 0.1) is 49.2 Å². The number of esters is 1. The number of benzene rings is 7. The molecular formula is C64H61NO16. The predicted molar refractivity (Wildman–Crippen MR) is 292 cm³/mol. The number of fused-ring (bicyclic) bond motifs is 1. The molecule has 0 aliphatic carbocycles. The Morgan fingerprint density at radius 3 is 1.73 bits per heavy atom. The summed E-state index contributed by atoms with van der Waals surface area (Å²) in [4.78, 5) is 56.5. The molecule has 0 bridgehead atoms. The van der Waals surface area contributed by atoms with Crippen LogP contribution in [0.5, 0.6) is 0 Å². The van der Waals surface area contributed by atoms with Crippen LogP contribution in [-0.2, 0) is 62.4 Å². The van der Waals surface area contributed by atoms with Crippen LogP contribution < -0.4 is 0 Å². The van der Waals surface area contributed by atoms with Crippen molar-refractivity contribution in [2.45, 2.75) is 87.1 Å². The number of carboxylic acids is 2. The van der Waals surface area contributed by atoms with Gasteiger partial charge in [-0.05, 0) is 52.1 Å². The topological polar surface area (TPSA) is 215 Å². The minimum absolute atomic E-state index is 0.00598. The largest absolute Gasteiger partial charge is 0.478 e. The van der Waals surface area contributed by atoms with Crippen molar-refractivity contribution in [1.82, 2.24) is 4.90 Å². The van der Waals surface area contributed by atoms with Gasteiger partial charge in [0.25, 0.3) is 0 Å². The Morgan fingerprint density at radius 1 is 0.568 bits per heavy atom. The number of ether oxygens (including phenoxy) is 9. The summed E-state index contributed by atoms with van der Waals surface area (Å²) in [5.41, 5.74) is 3.36. The van der Waals surface area contributed by atoms with Crippen LogP contribution in [0.25, 0.3) is 0 Å². The molecule has 17 heteroatoms. The van der Waals surface area contributed by atoms with Crippen molar-refractivity contribution in [3.05, 3.63) is 250 Å². The summed E-state index contributed by atoms with van der Waals surface area (Å²) in [7, 11) is 0. The lowest BCUT2D eigenvalue weighted by molar-refractivity contribution is -0.376.